The molecule has 132 valence electrons. The molecule has 0 radical (unpaired) electrons. The number of likely N-dealkylation sites (tertiary alicyclic amines) is 1. The van der Waals surface area contributed by atoms with Crippen LogP contribution in [0.5, 0.6) is 11.5 Å². The van der Waals surface area contributed by atoms with Crippen molar-refractivity contribution < 1.29 is 23.8 Å². The van der Waals surface area contributed by atoms with Gasteiger partial charge in [-0.15, -0.1) is 0 Å². The number of hydrogen-bond acceptors (Lipinski definition) is 5. The Balaban J connectivity index is 1.87. The van der Waals surface area contributed by atoms with Crippen LogP contribution in [0.15, 0.2) is 18.2 Å². The number of ether oxygens (including phenoxy) is 3. The third kappa shape index (κ3) is 4.53. The van der Waals surface area contributed by atoms with Gasteiger partial charge in [-0.05, 0) is 30.9 Å². The number of rotatable bonds is 5. The number of nitrogens with one attached hydrogen (secondary N) is 1. The lowest BCUT2D eigenvalue weighted by atomic mass is 9.97. The van der Waals surface area contributed by atoms with Crippen molar-refractivity contribution in [3.8, 4) is 11.5 Å². The summed E-state index contributed by atoms with van der Waals surface area (Å²) in [5, 5.41) is 2.94. The fourth-order valence-corrected chi connectivity index (χ4v) is 2.73. The number of hydrogen-bond donors (Lipinski definition) is 1. The van der Waals surface area contributed by atoms with E-state index in [2.05, 4.69) is 5.32 Å². The Kier molecular flexibility index (Phi) is 6.28. The molecule has 1 aromatic carbocycles. The summed E-state index contributed by atoms with van der Waals surface area (Å²) < 4.78 is 15.1. The van der Waals surface area contributed by atoms with Crippen molar-refractivity contribution >= 4 is 12.0 Å². The largest absolute Gasteiger partial charge is 0.497 e. The van der Waals surface area contributed by atoms with E-state index in [4.69, 9.17) is 14.2 Å². The molecule has 7 nitrogen and oxygen atoms in total. The monoisotopic (exact) mass is 336 g/mol. The van der Waals surface area contributed by atoms with Gasteiger partial charge in [-0.25, -0.2) is 4.79 Å². The van der Waals surface area contributed by atoms with Gasteiger partial charge in [0, 0.05) is 31.3 Å². The molecule has 7 heteroatoms. The summed E-state index contributed by atoms with van der Waals surface area (Å²) in [5.41, 5.74) is 0.498. The number of nitrogens with zero attached hydrogens (tertiary/aromatic N) is 1. The van der Waals surface area contributed by atoms with Gasteiger partial charge >= 0.3 is 6.09 Å². The quantitative estimate of drug-likeness (QED) is 0.889. The number of carbonyl (C=O) groups excluding carboxylic acids is 2. The van der Waals surface area contributed by atoms with Crippen molar-refractivity contribution in [2.45, 2.75) is 12.8 Å². The first kappa shape index (κ1) is 17.9. The molecule has 0 saturated carbocycles. The second-order valence-corrected chi connectivity index (χ2v) is 5.71. The molecule has 0 aliphatic carbocycles. The second-order valence-electron chi connectivity index (χ2n) is 5.71. The van der Waals surface area contributed by atoms with Gasteiger partial charge in [0.25, 0.3) is 5.91 Å². The summed E-state index contributed by atoms with van der Waals surface area (Å²) in [5.74, 6) is 1.33. The molecule has 0 aromatic heterocycles. The maximum Gasteiger partial charge on any atom is 0.409 e. The molecule has 2 amide bonds. The van der Waals surface area contributed by atoms with E-state index in [0.717, 1.165) is 12.8 Å². The molecule has 0 unspecified atom stereocenters. The lowest BCUT2D eigenvalue weighted by molar-refractivity contribution is 0.0913. The van der Waals surface area contributed by atoms with E-state index in [-0.39, 0.29) is 12.0 Å². The van der Waals surface area contributed by atoms with E-state index in [1.54, 1.807) is 37.3 Å². The molecule has 1 saturated heterocycles. The number of carbonyl (C=O) groups is 2. The van der Waals surface area contributed by atoms with E-state index in [1.165, 1.54) is 7.11 Å². The van der Waals surface area contributed by atoms with E-state index >= 15 is 0 Å². The van der Waals surface area contributed by atoms with Gasteiger partial charge in [0.1, 0.15) is 11.5 Å². The molecule has 0 spiro atoms. The van der Waals surface area contributed by atoms with Gasteiger partial charge in [-0.2, -0.15) is 0 Å². The molecule has 1 N–H and O–H groups in total. The van der Waals surface area contributed by atoms with Gasteiger partial charge in [0.05, 0.1) is 21.3 Å². The SMILES string of the molecule is COC(=O)N1CCC(CNC(=O)c2cc(OC)cc(OC)c2)CC1. The zero-order chi connectivity index (χ0) is 17.5. The molecule has 1 aliphatic heterocycles. The number of amides is 2. The summed E-state index contributed by atoms with van der Waals surface area (Å²) in [6, 6.07) is 5.08. The summed E-state index contributed by atoms with van der Waals surface area (Å²) in [6.45, 7) is 1.88. The third-order valence-corrected chi connectivity index (χ3v) is 4.21. The van der Waals surface area contributed by atoms with Crippen LogP contribution in [0.25, 0.3) is 0 Å². The standard InChI is InChI=1S/C17H24N2O5/c1-22-14-8-13(9-15(10-14)23-2)16(20)18-11-12-4-6-19(7-5-12)17(21)24-3/h8-10,12H,4-7,11H2,1-3H3,(H,18,20). The van der Waals surface area contributed by atoms with Crippen molar-refractivity contribution in [2.75, 3.05) is 41.0 Å². The average molecular weight is 336 g/mol. The van der Waals surface area contributed by atoms with Gasteiger partial charge < -0.3 is 24.4 Å². The van der Waals surface area contributed by atoms with Crippen LogP contribution < -0.4 is 14.8 Å². The fraction of sp³-hybridized carbons (Fsp3) is 0.529. The van der Waals surface area contributed by atoms with Crippen molar-refractivity contribution in [3.05, 3.63) is 23.8 Å². The Hall–Kier alpha value is -2.44. The van der Waals surface area contributed by atoms with Crippen LogP contribution in [0.4, 0.5) is 4.79 Å². The van der Waals surface area contributed by atoms with Crippen molar-refractivity contribution in [3.63, 3.8) is 0 Å². The highest BCUT2D eigenvalue weighted by Gasteiger charge is 2.23. The predicted molar refractivity (Wildman–Crippen MR) is 88.6 cm³/mol. The van der Waals surface area contributed by atoms with E-state index in [0.29, 0.717) is 42.6 Å². The van der Waals surface area contributed by atoms with Gasteiger partial charge in [0.15, 0.2) is 0 Å². The first-order chi connectivity index (χ1) is 11.6. The first-order valence-corrected chi connectivity index (χ1v) is 7.91. The minimum absolute atomic E-state index is 0.164. The minimum atomic E-state index is -0.291. The summed E-state index contributed by atoms with van der Waals surface area (Å²) in [4.78, 5) is 25.5. The van der Waals surface area contributed by atoms with E-state index < -0.39 is 0 Å². The fourth-order valence-electron chi connectivity index (χ4n) is 2.73. The molecule has 0 atom stereocenters. The van der Waals surface area contributed by atoms with Crippen LogP contribution in [-0.2, 0) is 4.74 Å². The molecule has 24 heavy (non-hydrogen) atoms. The summed E-state index contributed by atoms with van der Waals surface area (Å²) in [7, 11) is 4.48. The molecule has 1 heterocycles. The number of piperidine rings is 1. The molecule has 2 rings (SSSR count). The van der Waals surface area contributed by atoms with Crippen LogP contribution in [0, 0.1) is 5.92 Å². The number of methoxy groups -OCH3 is 3. The lowest BCUT2D eigenvalue weighted by Gasteiger charge is -2.30. The molecule has 1 fully saturated rings. The van der Waals surface area contributed by atoms with Crippen LogP contribution >= 0.6 is 0 Å². The predicted octanol–water partition coefficient (Wildman–Crippen LogP) is 1.91. The topological polar surface area (TPSA) is 77.1 Å². The zero-order valence-corrected chi connectivity index (χ0v) is 14.3. The van der Waals surface area contributed by atoms with Crippen molar-refractivity contribution in [1.82, 2.24) is 10.2 Å². The van der Waals surface area contributed by atoms with Crippen molar-refractivity contribution in [1.29, 1.82) is 0 Å². The average Bonchev–Trinajstić information content (AvgIpc) is 2.65. The maximum atomic E-state index is 12.3. The van der Waals surface area contributed by atoms with Crippen molar-refractivity contribution in [2.24, 2.45) is 5.92 Å². The van der Waals surface area contributed by atoms with Crippen LogP contribution in [0.2, 0.25) is 0 Å². The third-order valence-electron chi connectivity index (χ3n) is 4.21. The lowest BCUT2D eigenvalue weighted by Crippen LogP contribution is -2.41. The Morgan fingerprint density at radius 3 is 2.17 bits per heavy atom. The Morgan fingerprint density at radius 1 is 1.08 bits per heavy atom. The highest BCUT2D eigenvalue weighted by Crippen LogP contribution is 2.23. The van der Waals surface area contributed by atoms with E-state index in [9.17, 15) is 9.59 Å². The highest BCUT2D eigenvalue weighted by atomic mass is 16.5. The van der Waals surface area contributed by atoms with Gasteiger partial charge in [-0.1, -0.05) is 0 Å². The van der Waals surface area contributed by atoms with Gasteiger partial charge in [0.2, 0.25) is 0 Å². The normalized spacial score (nSPS) is 14.9. The van der Waals surface area contributed by atoms with E-state index in [1.807, 2.05) is 0 Å². The summed E-state index contributed by atoms with van der Waals surface area (Å²) in [6.07, 6.45) is 1.40. The Morgan fingerprint density at radius 2 is 1.67 bits per heavy atom. The smallest absolute Gasteiger partial charge is 0.409 e. The Labute approximate surface area is 141 Å². The van der Waals surface area contributed by atoms with Crippen LogP contribution in [0.1, 0.15) is 23.2 Å². The first-order valence-electron chi connectivity index (χ1n) is 7.91. The highest BCUT2D eigenvalue weighted by molar-refractivity contribution is 5.95. The molecular formula is C17H24N2O5. The molecule has 0 bridgehead atoms. The second kappa shape index (κ2) is 8.42. The van der Waals surface area contributed by atoms with Gasteiger partial charge in [-0.3, -0.25) is 4.79 Å². The maximum absolute atomic E-state index is 12.3. The van der Waals surface area contributed by atoms with Crippen LogP contribution in [-0.4, -0.2) is 57.9 Å². The Bertz CT molecular complexity index is 560. The minimum Gasteiger partial charge on any atom is -0.497 e. The molecule has 1 aliphatic rings. The van der Waals surface area contributed by atoms with Crippen LogP contribution in [0.3, 0.4) is 0 Å². The zero-order valence-electron chi connectivity index (χ0n) is 14.3. The molecular weight excluding hydrogens is 312 g/mol. The summed E-state index contributed by atoms with van der Waals surface area (Å²) >= 11 is 0. The molecule has 1 aromatic rings. The number of benzene rings is 1.